The Labute approximate surface area is 164 Å². The normalized spacial score (nSPS) is 16.7. The fraction of sp³-hybridized carbons (Fsp3) is 0.381. The number of hydrogen-bond donors (Lipinski definition) is 1. The molecule has 3 aromatic rings. The molecule has 6 heteroatoms. The Kier molecular flexibility index (Phi) is 5.74. The van der Waals surface area contributed by atoms with Crippen LogP contribution in [0.4, 0.5) is 0 Å². The van der Waals surface area contributed by atoms with E-state index in [1.165, 1.54) is 5.56 Å². The van der Waals surface area contributed by atoms with Gasteiger partial charge in [0.05, 0.1) is 30.8 Å². The lowest BCUT2D eigenvalue weighted by Crippen LogP contribution is -2.43. The molecule has 2 heterocycles. The second kappa shape index (κ2) is 8.40. The summed E-state index contributed by atoms with van der Waals surface area (Å²) in [5.41, 5.74) is 3.36. The van der Waals surface area contributed by atoms with Gasteiger partial charge in [-0.15, -0.1) is 0 Å². The van der Waals surface area contributed by atoms with Gasteiger partial charge in [0, 0.05) is 37.7 Å². The van der Waals surface area contributed by atoms with Gasteiger partial charge >= 0.3 is 0 Å². The average molecular weight is 385 g/mol. The smallest absolute Gasteiger partial charge is 0.123 e. The predicted molar refractivity (Wildman–Crippen MR) is 109 cm³/mol. The number of aromatic nitrogens is 2. The second-order valence-electron chi connectivity index (χ2n) is 6.89. The highest BCUT2D eigenvalue weighted by Gasteiger charge is 2.24. The summed E-state index contributed by atoms with van der Waals surface area (Å²) in [6.45, 7) is 4.91. The van der Waals surface area contributed by atoms with Crippen LogP contribution in [-0.4, -0.2) is 47.3 Å². The van der Waals surface area contributed by atoms with Gasteiger partial charge < -0.3 is 14.6 Å². The molecule has 5 nitrogen and oxygen atoms in total. The van der Waals surface area contributed by atoms with Crippen molar-refractivity contribution in [3.63, 3.8) is 0 Å². The van der Waals surface area contributed by atoms with Crippen LogP contribution in [0.5, 0.6) is 0 Å². The number of nitrogens with zero attached hydrogens (tertiary/aromatic N) is 3. The summed E-state index contributed by atoms with van der Waals surface area (Å²) in [5, 5.41) is 4.42. The predicted octanol–water partition coefficient (Wildman–Crippen LogP) is 3.39. The summed E-state index contributed by atoms with van der Waals surface area (Å²) in [6.07, 6.45) is 0. The van der Waals surface area contributed by atoms with E-state index < -0.39 is 0 Å². The Morgan fingerprint density at radius 1 is 1.11 bits per heavy atom. The van der Waals surface area contributed by atoms with Crippen molar-refractivity contribution in [2.75, 3.05) is 32.8 Å². The van der Waals surface area contributed by atoms with Gasteiger partial charge in [0.25, 0.3) is 0 Å². The molecular weight excluding hydrogens is 360 g/mol. The molecule has 1 fully saturated rings. The number of aryl methyl sites for hydroxylation is 1. The fourth-order valence-electron chi connectivity index (χ4n) is 3.74. The molecule has 0 amide bonds. The highest BCUT2D eigenvalue weighted by molar-refractivity contribution is 6.31. The highest BCUT2D eigenvalue weighted by Crippen LogP contribution is 2.28. The van der Waals surface area contributed by atoms with Crippen LogP contribution in [-0.2, 0) is 18.3 Å². The van der Waals surface area contributed by atoms with Gasteiger partial charge in [0.2, 0.25) is 0 Å². The fourth-order valence-corrected chi connectivity index (χ4v) is 4.01. The van der Waals surface area contributed by atoms with Crippen molar-refractivity contribution in [3.05, 3.63) is 64.9 Å². The number of rotatable bonds is 6. The quantitative estimate of drug-likeness (QED) is 0.707. The Bertz CT molecular complexity index is 904. The van der Waals surface area contributed by atoms with Crippen LogP contribution < -0.4 is 5.32 Å². The van der Waals surface area contributed by atoms with Crippen molar-refractivity contribution in [3.8, 4) is 0 Å². The molecule has 1 aliphatic rings. The summed E-state index contributed by atoms with van der Waals surface area (Å²) >= 11 is 6.51. The van der Waals surface area contributed by atoms with Gasteiger partial charge in [-0.2, -0.15) is 0 Å². The summed E-state index contributed by atoms with van der Waals surface area (Å²) in [5.74, 6) is 1.04. The first-order valence-electron chi connectivity index (χ1n) is 9.41. The first-order valence-corrected chi connectivity index (χ1v) is 9.79. The molecule has 1 saturated heterocycles. The van der Waals surface area contributed by atoms with Crippen LogP contribution in [0, 0.1) is 0 Å². The molecule has 1 aromatic heterocycles. The molecule has 0 aliphatic carbocycles. The zero-order valence-electron chi connectivity index (χ0n) is 15.6. The van der Waals surface area contributed by atoms with E-state index in [9.17, 15) is 0 Å². The third-order valence-electron chi connectivity index (χ3n) is 5.25. The van der Waals surface area contributed by atoms with Gasteiger partial charge in [0.15, 0.2) is 0 Å². The number of morpholine rings is 1. The van der Waals surface area contributed by atoms with Crippen LogP contribution in [0.25, 0.3) is 11.0 Å². The largest absolute Gasteiger partial charge is 0.379 e. The molecule has 1 atom stereocenters. The van der Waals surface area contributed by atoms with Crippen molar-refractivity contribution in [1.29, 1.82) is 0 Å². The van der Waals surface area contributed by atoms with E-state index in [1.807, 2.05) is 24.3 Å². The number of fused-ring (bicyclic) bond motifs is 1. The van der Waals surface area contributed by atoms with Crippen molar-refractivity contribution in [2.45, 2.75) is 12.6 Å². The number of hydrogen-bond acceptors (Lipinski definition) is 4. The second-order valence-corrected chi connectivity index (χ2v) is 7.30. The van der Waals surface area contributed by atoms with Gasteiger partial charge in [-0.3, -0.25) is 4.90 Å². The van der Waals surface area contributed by atoms with Gasteiger partial charge in [-0.1, -0.05) is 41.9 Å². The number of imidazole rings is 1. The lowest BCUT2D eigenvalue weighted by Gasteiger charge is -2.35. The number of nitrogens with one attached hydrogen (secondary N) is 1. The zero-order chi connectivity index (χ0) is 18.6. The van der Waals surface area contributed by atoms with Crippen LogP contribution in [0.15, 0.2) is 48.5 Å². The monoisotopic (exact) mass is 384 g/mol. The third kappa shape index (κ3) is 4.01. The lowest BCUT2D eigenvalue weighted by atomic mass is 10.0. The van der Waals surface area contributed by atoms with E-state index in [-0.39, 0.29) is 6.04 Å². The summed E-state index contributed by atoms with van der Waals surface area (Å²) in [4.78, 5) is 7.20. The van der Waals surface area contributed by atoms with Crippen LogP contribution in [0.3, 0.4) is 0 Å². The first kappa shape index (κ1) is 18.4. The maximum Gasteiger partial charge on any atom is 0.123 e. The van der Waals surface area contributed by atoms with E-state index >= 15 is 0 Å². The summed E-state index contributed by atoms with van der Waals surface area (Å²) in [7, 11) is 2.07. The van der Waals surface area contributed by atoms with Crippen LogP contribution in [0.1, 0.15) is 17.4 Å². The summed E-state index contributed by atoms with van der Waals surface area (Å²) < 4.78 is 7.69. The molecule has 1 N–H and O–H groups in total. The Morgan fingerprint density at radius 2 is 1.85 bits per heavy atom. The van der Waals surface area contributed by atoms with Gasteiger partial charge in [-0.05, 0) is 23.8 Å². The summed E-state index contributed by atoms with van der Waals surface area (Å²) in [6, 6.07) is 16.6. The van der Waals surface area contributed by atoms with E-state index in [0.29, 0.717) is 0 Å². The third-order valence-corrected chi connectivity index (χ3v) is 5.60. The molecule has 0 saturated carbocycles. The Hall–Kier alpha value is -1.92. The molecular formula is C21H25ClN4O. The molecule has 1 unspecified atom stereocenters. The van der Waals surface area contributed by atoms with Crippen molar-refractivity contribution >= 4 is 22.6 Å². The minimum atomic E-state index is 0.220. The molecule has 142 valence electrons. The van der Waals surface area contributed by atoms with Gasteiger partial charge in [-0.25, -0.2) is 4.98 Å². The lowest BCUT2D eigenvalue weighted by molar-refractivity contribution is 0.0161. The van der Waals surface area contributed by atoms with Gasteiger partial charge in [0.1, 0.15) is 5.82 Å². The van der Waals surface area contributed by atoms with Crippen molar-refractivity contribution in [1.82, 2.24) is 19.8 Å². The Morgan fingerprint density at radius 3 is 2.63 bits per heavy atom. The Balaban J connectivity index is 1.49. The minimum Gasteiger partial charge on any atom is -0.379 e. The number of ether oxygens (including phenoxy) is 1. The molecule has 4 rings (SSSR count). The molecule has 1 aliphatic heterocycles. The highest BCUT2D eigenvalue weighted by atomic mass is 35.5. The van der Waals surface area contributed by atoms with Crippen molar-refractivity contribution in [2.24, 2.45) is 7.05 Å². The van der Waals surface area contributed by atoms with E-state index in [0.717, 1.165) is 61.3 Å². The molecule has 2 aromatic carbocycles. The van der Waals surface area contributed by atoms with E-state index in [4.69, 9.17) is 21.3 Å². The molecule has 0 spiro atoms. The SMILES string of the molecule is Cn1c(CNCC(c2ccccc2Cl)N2CCOCC2)nc2ccccc21. The molecule has 0 bridgehead atoms. The number of para-hydroxylation sites is 2. The van der Waals surface area contributed by atoms with Crippen LogP contribution >= 0.6 is 11.6 Å². The number of benzene rings is 2. The van der Waals surface area contributed by atoms with Crippen molar-refractivity contribution < 1.29 is 4.74 Å². The maximum absolute atomic E-state index is 6.51. The first-order chi connectivity index (χ1) is 13.2. The number of halogens is 1. The molecule has 27 heavy (non-hydrogen) atoms. The maximum atomic E-state index is 6.51. The zero-order valence-corrected chi connectivity index (χ0v) is 16.3. The topological polar surface area (TPSA) is 42.3 Å². The van der Waals surface area contributed by atoms with Crippen LogP contribution in [0.2, 0.25) is 5.02 Å². The average Bonchev–Trinajstić information content (AvgIpc) is 3.03. The minimum absolute atomic E-state index is 0.220. The van der Waals surface area contributed by atoms with E-state index in [1.54, 1.807) is 0 Å². The molecule has 0 radical (unpaired) electrons. The van der Waals surface area contributed by atoms with E-state index in [2.05, 4.69) is 46.1 Å². The standard InChI is InChI=1S/C21H25ClN4O/c1-25-19-9-5-4-8-18(19)24-21(25)15-23-14-20(26-10-12-27-13-11-26)16-6-2-3-7-17(16)22/h2-9,20,23H,10-15H2,1H3.